The molecule has 4 N–H and O–H groups in total. The maximum atomic E-state index is 12.6. The Kier molecular flexibility index (Phi) is 6.65. The standard InChI is InChI=1S/C25H28N2O6/c28-21(23(30)31)10-13-26-22(29)14-25(11-5-12-25)27-24(32)33-15-20-18-8-3-1-6-16(18)17-7-2-4-9-19(17)20/h1-4,6-9,20-21,28H,5,10-15H2,(H,26,29)(H,27,32)(H,30,31)/t21-/m0/s1. The number of carboxylic acids is 1. The van der Waals surface area contributed by atoms with Gasteiger partial charge in [0.2, 0.25) is 5.91 Å². The summed E-state index contributed by atoms with van der Waals surface area (Å²) in [6.45, 7) is 0.253. The quantitative estimate of drug-likeness (QED) is 0.464. The van der Waals surface area contributed by atoms with Gasteiger partial charge in [-0.1, -0.05) is 48.5 Å². The number of fused-ring (bicyclic) bond motifs is 3. The Morgan fingerprint density at radius 2 is 1.64 bits per heavy atom. The second-order valence-electron chi connectivity index (χ2n) is 8.75. The number of rotatable bonds is 9. The highest BCUT2D eigenvalue weighted by atomic mass is 16.5. The number of aliphatic hydroxyl groups excluding tert-OH is 1. The van der Waals surface area contributed by atoms with E-state index in [9.17, 15) is 19.5 Å². The van der Waals surface area contributed by atoms with Gasteiger partial charge in [0.15, 0.2) is 6.10 Å². The van der Waals surface area contributed by atoms with Crippen LogP contribution in [0.1, 0.15) is 49.1 Å². The van der Waals surface area contributed by atoms with E-state index in [-0.39, 0.29) is 37.8 Å². The number of carbonyl (C=O) groups is 3. The smallest absolute Gasteiger partial charge is 0.407 e. The molecule has 2 amide bonds. The van der Waals surface area contributed by atoms with Gasteiger partial charge in [0.25, 0.3) is 0 Å². The number of hydrogen-bond donors (Lipinski definition) is 4. The van der Waals surface area contributed by atoms with Gasteiger partial charge in [0, 0.05) is 25.3 Å². The number of aliphatic hydroxyl groups is 1. The van der Waals surface area contributed by atoms with E-state index in [1.165, 1.54) is 0 Å². The van der Waals surface area contributed by atoms with Crippen molar-refractivity contribution in [3.8, 4) is 11.1 Å². The van der Waals surface area contributed by atoms with Crippen molar-refractivity contribution in [3.05, 3.63) is 59.7 Å². The topological polar surface area (TPSA) is 125 Å². The normalized spacial score (nSPS) is 16.6. The van der Waals surface area contributed by atoms with Gasteiger partial charge in [-0.3, -0.25) is 4.79 Å². The summed E-state index contributed by atoms with van der Waals surface area (Å²) in [5.74, 6) is -1.66. The number of nitrogens with one attached hydrogen (secondary N) is 2. The van der Waals surface area contributed by atoms with E-state index in [0.717, 1.165) is 28.7 Å². The highest BCUT2D eigenvalue weighted by Gasteiger charge is 2.41. The minimum atomic E-state index is -1.51. The summed E-state index contributed by atoms with van der Waals surface area (Å²) >= 11 is 0. The molecule has 8 nitrogen and oxygen atoms in total. The molecule has 2 aliphatic carbocycles. The predicted octanol–water partition coefficient (Wildman–Crippen LogP) is 2.79. The molecule has 0 saturated heterocycles. The molecule has 33 heavy (non-hydrogen) atoms. The average molecular weight is 453 g/mol. The average Bonchev–Trinajstić information content (AvgIpc) is 3.10. The van der Waals surface area contributed by atoms with Crippen LogP contribution in [0.4, 0.5) is 4.79 Å². The zero-order valence-electron chi connectivity index (χ0n) is 18.3. The van der Waals surface area contributed by atoms with Crippen molar-refractivity contribution in [1.82, 2.24) is 10.6 Å². The Balaban J connectivity index is 1.31. The van der Waals surface area contributed by atoms with Gasteiger partial charge < -0.3 is 25.6 Å². The zero-order chi connectivity index (χ0) is 23.4. The van der Waals surface area contributed by atoms with Crippen LogP contribution in [0.3, 0.4) is 0 Å². The SMILES string of the molecule is O=C(CC1(NC(=O)OCC2c3ccccc3-c3ccccc32)CCC1)NCC[C@H](O)C(=O)O. The lowest BCUT2D eigenvalue weighted by Gasteiger charge is -2.41. The largest absolute Gasteiger partial charge is 0.479 e. The van der Waals surface area contributed by atoms with Crippen LogP contribution >= 0.6 is 0 Å². The van der Waals surface area contributed by atoms with Crippen LogP contribution in [-0.4, -0.2) is 53.0 Å². The Labute approximate surface area is 192 Å². The maximum Gasteiger partial charge on any atom is 0.407 e. The first-order valence-corrected chi connectivity index (χ1v) is 11.2. The molecule has 174 valence electrons. The molecule has 2 aromatic carbocycles. The lowest BCUT2D eigenvalue weighted by atomic mass is 9.74. The molecular weight excluding hydrogens is 424 g/mol. The summed E-state index contributed by atoms with van der Waals surface area (Å²) < 4.78 is 5.61. The van der Waals surface area contributed by atoms with Crippen molar-refractivity contribution in [1.29, 1.82) is 0 Å². The van der Waals surface area contributed by atoms with Crippen LogP contribution in [0.25, 0.3) is 11.1 Å². The molecule has 1 atom stereocenters. The fourth-order valence-corrected chi connectivity index (χ4v) is 4.64. The first-order valence-electron chi connectivity index (χ1n) is 11.2. The van der Waals surface area contributed by atoms with Gasteiger partial charge in [-0.05, 0) is 41.5 Å². The van der Waals surface area contributed by atoms with E-state index in [1.54, 1.807) is 0 Å². The van der Waals surface area contributed by atoms with Crippen molar-refractivity contribution in [3.63, 3.8) is 0 Å². The molecule has 0 radical (unpaired) electrons. The molecule has 0 heterocycles. The Morgan fingerprint density at radius 3 is 2.18 bits per heavy atom. The Morgan fingerprint density at radius 1 is 1.03 bits per heavy atom. The molecule has 8 heteroatoms. The summed E-state index contributed by atoms with van der Waals surface area (Å²) in [4.78, 5) is 35.6. The van der Waals surface area contributed by atoms with E-state index in [1.807, 2.05) is 24.3 Å². The lowest BCUT2D eigenvalue weighted by Crippen LogP contribution is -2.56. The van der Waals surface area contributed by atoms with Crippen molar-refractivity contribution in [2.45, 2.75) is 49.7 Å². The van der Waals surface area contributed by atoms with Gasteiger partial charge in [-0.2, -0.15) is 0 Å². The zero-order valence-corrected chi connectivity index (χ0v) is 18.3. The van der Waals surface area contributed by atoms with Crippen molar-refractivity contribution in [2.75, 3.05) is 13.2 Å². The second kappa shape index (κ2) is 9.62. The molecule has 1 fully saturated rings. The molecule has 1 saturated carbocycles. The van der Waals surface area contributed by atoms with Gasteiger partial charge >= 0.3 is 12.1 Å². The van der Waals surface area contributed by atoms with Gasteiger partial charge in [0.05, 0.1) is 5.54 Å². The summed E-state index contributed by atoms with van der Waals surface area (Å²) in [6, 6.07) is 16.2. The van der Waals surface area contributed by atoms with E-state index in [2.05, 4.69) is 34.9 Å². The van der Waals surface area contributed by atoms with Gasteiger partial charge in [-0.15, -0.1) is 0 Å². The third-order valence-electron chi connectivity index (χ3n) is 6.55. The Hall–Kier alpha value is -3.39. The number of benzene rings is 2. The molecule has 4 rings (SSSR count). The first-order chi connectivity index (χ1) is 15.9. The van der Waals surface area contributed by atoms with Crippen molar-refractivity contribution >= 4 is 18.0 Å². The molecule has 0 unspecified atom stereocenters. The van der Waals surface area contributed by atoms with Crippen LogP contribution < -0.4 is 10.6 Å². The fraction of sp³-hybridized carbons (Fsp3) is 0.400. The van der Waals surface area contributed by atoms with Crippen molar-refractivity contribution < 1.29 is 29.3 Å². The fourth-order valence-electron chi connectivity index (χ4n) is 4.64. The van der Waals surface area contributed by atoms with Gasteiger partial charge in [-0.25, -0.2) is 9.59 Å². The summed E-state index contributed by atoms with van der Waals surface area (Å²) in [5, 5.41) is 23.5. The van der Waals surface area contributed by atoms with E-state index < -0.39 is 23.7 Å². The van der Waals surface area contributed by atoms with Crippen LogP contribution in [0.2, 0.25) is 0 Å². The third-order valence-corrected chi connectivity index (χ3v) is 6.55. The highest BCUT2D eigenvalue weighted by molar-refractivity contribution is 5.80. The molecule has 2 aromatic rings. The van der Waals surface area contributed by atoms with E-state index in [4.69, 9.17) is 9.84 Å². The monoisotopic (exact) mass is 452 g/mol. The summed E-state index contributed by atoms with van der Waals surface area (Å²) in [7, 11) is 0. The molecule has 0 spiro atoms. The number of carbonyl (C=O) groups excluding carboxylic acids is 2. The second-order valence-corrected chi connectivity index (χ2v) is 8.75. The summed E-state index contributed by atoms with van der Waals surface area (Å²) in [5.41, 5.74) is 3.92. The number of aliphatic carboxylic acids is 1. The van der Waals surface area contributed by atoms with Crippen molar-refractivity contribution in [2.24, 2.45) is 0 Å². The maximum absolute atomic E-state index is 12.6. The number of amides is 2. The molecule has 0 bridgehead atoms. The number of hydrogen-bond acceptors (Lipinski definition) is 5. The minimum Gasteiger partial charge on any atom is -0.479 e. The van der Waals surface area contributed by atoms with Crippen LogP contribution in [-0.2, 0) is 14.3 Å². The van der Waals surface area contributed by atoms with Crippen LogP contribution in [0.15, 0.2) is 48.5 Å². The van der Waals surface area contributed by atoms with E-state index in [0.29, 0.717) is 12.8 Å². The van der Waals surface area contributed by atoms with Gasteiger partial charge in [0.1, 0.15) is 6.61 Å². The highest BCUT2D eigenvalue weighted by Crippen LogP contribution is 2.44. The number of carboxylic acid groups (broad SMARTS) is 1. The molecule has 0 aromatic heterocycles. The minimum absolute atomic E-state index is 0.0375. The molecular formula is C25H28N2O6. The molecule has 0 aliphatic heterocycles. The first kappa shape index (κ1) is 22.8. The molecule has 2 aliphatic rings. The third kappa shape index (κ3) is 5.01. The lowest BCUT2D eigenvalue weighted by molar-refractivity contribution is -0.147. The van der Waals surface area contributed by atoms with E-state index >= 15 is 0 Å². The number of ether oxygens (including phenoxy) is 1. The Bertz CT molecular complexity index is 1000. The van der Waals surface area contributed by atoms with Crippen LogP contribution in [0.5, 0.6) is 0 Å². The number of alkyl carbamates (subject to hydrolysis) is 1. The van der Waals surface area contributed by atoms with Crippen LogP contribution in [0, 0.1) is 0 Å². The summed E-state index contributed by atoms with van der Waals surface area (Å²) in [6.07, 6.45) is 0.181. The predicted molar refractivity (Wildman–Crippen MR) is 121 cm³/mol.